The van der Waals surface area contributed by atoms with Gasteiger partial charge in [0.25, 0.3) is 0 Å². The van der Waals surface area contributed by atoms with Crippen molar-refractivity contribution < 1.29 is 13.9 Å². The molecule has 0 saturated carbocycles. The zero-order valence-corrected chi connectivity index (χ0v) is 11.9. The number of carbonyl (C=O) groups excluding carboxylic acids is 1. The van der Waals surface area contributed by atoms with Crippen LogP contribution >= 0.6 is 0 Å². The van der Waals surface area contributed by atoms with Gasteiger partial charge in [-0.2, -0.15) is 0 Å². The Bertz CT molecular complexity index is 696. The zero-order chi connectivity index (χ0) is 15.0. The number of fused-ring (bicyclic) bond motifs is 1. The summed E-state index contributed by atoms with van der Waals surface area (Å²) < 4.78 is 17.8. The average molecular weight is 285 g/mol. The first-order valence-corrected chi connectivity index (χ1v) is 6.77. The van der Waals surface area contributed by atoms with Crippen LogP contribution in [0.3, 0.4) is 0 Å². The van der Waals surface area contributed by atoms with Gasteiger partial charge in [0.15, 0.2) is 0 Å². The van der Waals surface area contributed by atoms with Crippen molar-refractivity contribution in [3.05, 3.63) is 65.0 Å². The molecular weight excluding hydrogens is 269 g/mol. The topological polar surface area (TPSA) is 38.3 Å². The van der Waals surface area contributed by atoms with Crippen molar-refractivity contribution in [2.24, 2.45) is 0 Å². The predicted octanol–water partition coefficient (Wildman–Crippen LogP) is 3.50. The van der Waals surface area contributed by atoms with E-state index in [9.17, 15) is 9.18 Å². The third kappa shape index (κ3) is 2.37. The maximum absolute atomic E-state index is 13.1. The summed E-state index contributed by atoms with van der Waals surface area (Å²) in [6.07, 6.45) is 0.735. The highest BCUT2D eigenvalue weighted by Crippen LogP contribution is 2.39. The Balaban J connectivity index is 1.93. The van der Waals surface area contributed by atoms with Crippen molar-refractivity contribution in [1.82, 2.24) is 0 Å². The monoisotopic (exact) mass is 285 g/mol. The molecular formula is C17H16FNO2. The quantitative estimate of drug-likeness (QED) is 0.858. The van der Waals surface area contributed by atoms with Gasteiger partial charge in [-0.25, -0.2) is 9.18 Å². The van der Waals surface area contributed by atoms with Crippen LogP contribution in [0.4, 0.5) is 10.1 Å². The summed E-state index contributed by atoms with van der Waals surface area (Å²) in [4.78, 5) is 11.6. The van der Waals surface area contributed by atoms with Crippen molar-refractivity contribution in [2.75, 3.05) is 12.4 Å². The maximum Gasteiger partial charge on any atom is 0.337 e. The fourth-order valence-corrected chi connectivity index (χ4v) is 2.82. The van der Waals surface area contributed by atoms with Crippen LogP contribution in [0, 0.1) is 5.82 Å². The molecule has 1 atom stereocenters. The molecule has 1 heterocycles. The molecule has 4 heteroatoms. The van der Waals surface area contributed by atoms with Crippen LogP contribution in [0.1, 0.15) is 28.4 Å². The van der Waals surface area contributed by atoms with E-state index in [1.165, 1.54) is 19.2 Å². The van der Waals surface area contributed by atoms with Gasteiger partial charge < -0.3 is 10.1 Å². The van der Waals surface area contributed by atoms with E-state index in [2.05, 4.69) is 12.2 Å². The minimum absolute atomic E-state index is 0.245. The molecule has 0 aliphatic carbocycles. The van der Waals surface area contributed by atoms with E-state index in [0.717, 1.165) is 23.2 Å². The number of nitrogens with one attached hydrogen (secondary N) is 1. The Kier molecular flexibility index (Phi) is 3.16. The largest absolute Gasteiger partial charge is 0.465 e. The number of halogens is 1. The molecule has 21 heavy (non-hydrogen) atoms. The van der Waals surface area contributed by atoms with E-state index in [1.54, 1.807) is 18.2 Å². The Labute approximate surface area is 122 Å². The molecule has 0 spiro atoms. The van der Waals surface area contributed by atoms with Gasteiger partial charge in [-0.1, -0.05) is 12.1 Å². The van der Waals surface area contributed by atoms with Crippen molar-refractivity contribution in [1.29, 1.82) is 0 Å². The van der Waals surface area contributed by atoms with Gasteiger partial charge in [-0.3, -0.25) is 0 Å². The SMILES string of the molecule is COC(=O)c1ccc2c(c1)C[C@@](C)(c1ccc(F)cc1)N2. The molecule has 1 N–H and O–H groups in total. The van der Waals surface area contributed by atoms with E-state index in [0.29, 0.717) is 5.56 Å². The van der Waals surface area contributed by atoms with Gasteiger partial charge >= 0.3 is 5.97 Å². The molecule has 1 aliphatic heterocycles. The smallest absolute Gasteiger partial charge is 0.337 e. The molecule has 2 aromatic rings. The van der Waals surface area contributed by atoms with Crippen molar-refractivity contribution >= 4 is 11.7 Å². The first kappa shape index (κ1) is 13.6. The number of methoxy groups -OCH3 is 1. The fourth-order valence-electron chi connectivity index (χ4n) is 2.82. The zero-order valence-electron chi connectivity index (χ0n) is 11.9. The van der Waals surface area contributed by atoms with Gasteiger partial charge in [0.1, 0.15) is 5.82 Å². The standard InChI is InChI=1S/C17H16FNO2/c1-17(13-4-6-14(18)7-5-13)10-12-9-11(16(20)21-2)3-8-15(12)19-17/h3-9,19H,10H2,1-2H3/t17-/m0/s1. The summed E-state index contributed by atoms with van der Waals surface area (Å²) in [6, 6.07) is 12.0. The molecule has 0 fully saturated rings. The molecule has 0 amide bonds. The Morgan fingerprint density at radius 2 is 1.95 bits per heavy atom. The molecule has 0 aromatic heterocycles. The normalized spacial score (nSPS) is 19.8. The van der Waals surface area contributed by atoms with Crippen LogP contribution in [-0.4, -0.2) is 13.1 Å². The summed E-state index contributed by atoms with van der Waals surface area (Å²) in [5.41, 5.74) is 3.31. The van der Waals surface area contributed by atoms with E-state index >= 15 is 0 Å². The van der Waals surface area contributed by atoms with Gasteiger partial charge in [-0.15, -0.1) is 0 Å². The van der Waals surface area contributed by atoms with Crippen molar-refractivity contribution in [3.63, 3.8) is 0 Å². The lowest BCUT2D eigenvalue weighted by molar-refractivity contribution is 0.0600. The third-order valence-electron chi connectivity index (χ3n) is 3.96. The number of rotatable bonds is 2. The first-order valence-electron chi connectivity index (χ1n) is 6.77. The van der Waals surface area contributed by atoms with Crippen LogP contribution in [0.15, 0.2) is 42.5 Å². The molecule has 3 nitrogen and oxygen atoms in total. The van der Waals surface area contributed by atoms with E-state index in [-0.39, 0.29) is 17.3 Å². The highest BCUT2D eigenvalue weighted by molar-refractivity contribution is 5.90. The number of anilines is 1. The highest BCUT2D eigenvalue weighted by Gasteiger charge is 2.34. The fraction of sp³-hybridized carbons (Fsp3) is 0.235. The van der Waals surface area contributed by atoms with Gasteiger partial charge in [0.05, 0.1) is 18.2 Å². The molecule has 0 radical (unpaired) electrons. The molecule has 0 saturated heterocycles. The number of ether oxygens (including phenoxy) is 1. The second-order valence-electron chi connectivity index (χ2n) is 5.50. The van der Waals surface area contributed by atoms with Gasteiger partial charge in [-0.05, 0) is 48.4 Å². The summed E-state index contributed by atoms with van der Waals surface area (Å²) in [7, 11) is 1.37. The average Bonchev–Trinajstić information content (AvgIpc) is 2.83. The van der Waals surface area contributed by atoms with Crippen LogP contribution in [0.2, 0.25) is 0 Å². The number of carbonyl (C=O) groups is 1. The minimum atomic E-state index is -0.340. The molecule has 1 aliphatic rings. The third-order valence-corrected chi connectivity index (χ3v) is 3.96. The Morgan fingerprint density at radius 1 is 1.24 bits per heavy atom. The van der Waals surface area contributed by atoms with Crippen molar-refractivity contribution in [3.8, 4) is 0 Å². The minimum Gasteiger partial charge on any atom is -0.465 e. The molecule has 2 aromatic carbocycles. The molecule has 108 valence electrons. The Hall–Kier alpha value is -2.36. The summed E-state index contributed by atoms with van der Waals surface area (Å²) in [5, 5.41) is 3.46. The lowest BCUT2D eigenvalue weighted by Gasteiger charge is -2.25. The summed E-state index contributed by atoms with van der Waals surface area (Å²) >= 11 is 0. The second-order valence-corrected chi connectivity index (χ2v) is 5.50. The maximum atomic E-state index is 13.1. The number of benzene rings is 2. The number of hydrogen-bond acceptors (Lipinski definition) is 3. The van der Waals surface area contributed by atoms with E-state index < -0.39 is 0 Å². The lowest BCUT2D eigenvalue weighted by atomic mass is 9.89. The van der Waals surface area contributed by atoms with E-state index in [1.807, 2.05) is 12.1 Å². The van der Waals surface area contributed by atoms with Crippen LogP contribution < -0.4 is 5.32 Å². The predicted molar refractivity (Wildman–Crippen MR) is 78.9 cm³/mol. The second kappa shape index (κ2) is 4.88. The van der Waals surface area contributed by atoms with E-state index in [4.69, 9.17) is 4.74 Å². The van der Waals surface area contributed by atoms with Crippen LogP contribution in [0.25, 0.3) is 0 Å². The highest BCUT2D eigenvalue weighted by atomic mass is 19.1. The molecule has 0 bridgehead atoms. The van der Waals surface area contributed by atoms with Gasteiger partial charge in [0, 0.05) is 12.1 Å². The number of hydrogen-bond donors (Lipinski definition) is 1. The lowest BCUT2D eigenvalue weighted by Crippen LogP contribution is -2.28. The summed E-state index contributed by atoms with van der Waals surface area (Å²) in [6.45, 7) is 2.07. The van der Waals surface area contributed by atoms with Gasteiger partial charge in [0.2, 0.25) is 0 Å². The molecule has 3 rings (SSSR count). The Morgan fingerprint density at radius 3 is 2.62 bits per heavy atom. The molecule has 0 unspecified atom stereocenters. The van der Waals surface area contributed by atoms with Crippen LogP contribution in [-0.2, 0) is 16.7 Å². The summed E-state index contributed by atoms with van der Waals surface area (Å²) in [5.74, 6) is -0.584. The van der Waals surface area contributed by atoms with Crippen LogP contribution in [0.5, 0.6) is 0 Å². The first-order chi connectivity index (χ1) is 10.0. The number of esters is 1. The van der Waals surface area contributed by atoms with Crippen molar-refractivity contribution in [2.45, 2.75) is 18.9 Å².